The summed E-state index contributed by atoms with van der Waals surface area (Å²) >= 11 is 0. The molecule has 2 heterocycles. The minimum atomic E-state index is -0.0791. The Morgan fingerprint density at radius 3 is 2.76 bits per heavy atom. The van der Waals surface area contributed by atoms with Gasteiger partial charge in [-0.2, -0.15) is 5.10 Å². The highest BCUT2D eigenvalue weighted by Gasteiger charge is 2.11. The zero-order chi connectivity index (χ0) is 20.1. The van der Waals surface area contributed by atoms with E-state index in [1.54, 1.807) is 35.0 Å². The Balaban J connectivity index is 1.38. The zero-order valence-corrected chi connectivity index (χ0v) is 16.3. The molecule has 6 heteroatoms. The number of benzene rings is 2. The number of carbonyl (C=O) groups is 1. The molecular formula is C23H23N3O3. The Morgan fingerprint density at radius 1 is 1.14 bits per heavy atom. The largest absolute Gasteiger partial charge is 0.490 e. The average molecular weight is 389 g/mol. The Bertz CT molecular complexity index is 1010. The van der Waals surface area contributed by atoms with E-state index in [0.717, 1.165) is 34.7 Å². The van der Waals surface area contributed by atoms with Gasteiger partial charge in [0.05, 0.1) is 25.1 Å². The SMILES string of the molecule is CN(Cc1cnn(-c2ccccc2)c1)C(=O)C=Cc1ccc2c(c1)OCCCO2. The lowest BCUT2D eigenvalue weighted by atomic mass is 10.2. The highest BCUT2D eigenvalue weighted by molar-refractivity contribution is 5.91. The van der Waals surface area contributed by atoms with Crippen LogP contribution >= 0.6 is 0 Å². The molecule has 29 heavy (non-hydrogen) atoms. The van der Waals surface area contributed by atoms with Crippen LogP contribution in [-0.2, 0) is 11.3 Å². The molecule has 0 spiro atoms. The van der Waals surface area contributed by atoms with Gasteiger partial charge in [-0.05, 0) is 35.9 Å². The number of ether oxygens (including phenoxy) is 2. The third-order valence-corrected chi connectivity index (χ3v) is 4.64. The normalized spacial score (nSPS) is 13.3. The quantitative estimate of drug-likeness (QED) is 0.625. The Labute approximate surface area is 170 Å². The first-order chi connectivity index (χ1) is 14.2. The lowest BCUT2D eigenvalue weighted by molar-refractivity contribution is -0.125. The minimum absolute atomic E-state index is 0.0791. The summed E-state index contributed by atoms with van der Waals surface area (Å²) in [6, 6.07) is 15.6. The molecule has 6 nitrogen and oxygen atoms in total. The summed E-state index contributed by atoms with van der Waals surface area (Å²) in [5, 5.41) is 4.38. The van der Waals surface area contributed by atoms with E-state index in [4.69, 9.17) is 9.47 Å². The smallest absolute Gasteiger partial charge is 0.246 e. The van der Waals surface area contributed by atoms with Crippen LogP contribution in [0.25, 0.3) is 11.8 Å². The van der Waals surface area contributed by atoms with Gasteiger partial charge in [-0.1, -0.05) is 24.3 Å². The topological polar surface area (TPSA) is 56.6 Å². The summed E-state index contributed by atoms with van der Waals surface area (Å²) in [6.45, 7) is 1.78. The van der Waals surface area contributed by atoms with Crippen molar-refractivity contribution in [3.8, 4) is 17.2 Å². The van der Waals surface area contributed by atoms with Gasteiger partial charge in [-0.3, -0.25) is 4.79 Å². The molecule has 1 aliphatic rings. The number of amides is 1. The van der Waals surface area contributed by atoms with Crippen LogP contribution in [-0.4, -0.2) is 40.8 Å². The highest BCUT2D eigenvalue weighted by Crippen LogP contribution is 2.30. The van der Waals surface area contributed by atoms with E-state index in [1.807, 2.05) is 54.7 Å². The Hall–Kier alpha value is -3.54. The second-order valence-electron chi connectivity index (χ2n) is 6.91. The molecule has 0 unspecified atom stereocenters. The summed E-state index contributed by atoms with van der Waals surface area (Å²) in [7, 11) is 1.78. The van der Waals surface area contributed by atoms with E-state index < -0.39 is 0 Å². The van der Waals surface area contributed by atoms with Gasteiger partial charge in [0, 0.05) is 37.8 Å². The second kappa shape index (κ2) is 8.65. The maximum Gasteiger partial charge on any atom is 0.246 e. The van der Waals surface area contributed by atoms with E-state index in [-0.39, 0.29) is 5.91 Å². The molecule has 0 saturated carbocycles. The number of likely N-dealkylation sites (N-methyl/N-ethyl adjacent to an activating group) is 1. The van der Waals surface area contributed by atoms with Gasteiger partial charge in [0.15, 0.2) is 11.5 Å². The van der Waals surface area contributed by atoms with E-state index in [1.165, 1.54) is 0 Å². The summed E-state index contributed by atoms with van der Waals surface area (Å²) in [4.78, 5) is 14.2. The fourth-order valence-corrected chi connectivity index (χ4v) is 3.09. The molecule has 1 aromatic heterocycles. The minimum Gasteiger partial charge on any atom is -0.490 e. The monoisotopic (exact) mass is 389 g/mol. The third-order valence-electron chi connectivity index (χ3n) is 4.64. The Morgan fingerprint density at radius 2 is 1.93 bits per heavy atom. The molecule has 1 aliphatic heterocycles. The predicted molar refractivity (Wildman–Crippen MR) is 111 cm³/mol. The number of para-hydroxylation sites is 1. The molecule has 148 valence electrons. The van der Waals surface area contributed by atoms with Crippen molar-refractivity contribution in [1.29, 1.82) is 0 Å². The lowest BCUT2D eigenvalue weighted by Gasteiger charge is -2.13. The number of aromatic nitrogens is 2. The van der Waals surface area contributed by atoms with Crippen molar-refractivity contribution in [1.82, 2.24) is 14.7 Å². The first kappa shape index (κ1) is 18.8. The van der Waals surface area contributed by atoms with Crippen LogP contribution in [0.15, 0.2) is 67.0 Å². The molecule has 0 radical (unpaired) electrons. The van der Waals surface area contributed by atoms with Crippen molar-refractivity contribution in [2.24, 2.45) is 0 Å². The zero-order valence-electron chi connectivity index (χ0n) is 16.3. The van der Waals surface area contributed by atoms with Crippen molar-refractivity contribution < 1.29 is 14.3 Å². The standard InChI is InChI=1S/C23H23N3O3/c1-25(16-19-15-24-26(17-19)20-6-3-2-4-7-20)23(27)11-9-18-8-10-21-22(14-18)29-13-5-12-28-21/h2-4,6-11,14-15,17H,5,12-13,16H2,1H3. The fourth-order valence-electron chi connectivity index (χ4n) is 3.09. The molecule has 0 aliphatic carbocycles. The van der Waals surface area contributed by atoms with Crippen molar-refractivity contribution in [3.05, 3.63) is 78.1 Å². The van der Waals surface area contributed by atoms with Gasteiger partial charge in [0.1, 0.15) is 0 Å². The number of hydrogen-bond acceptors (Lipinski definition) is 4. The van der Waals surface area contributed by atoms with Crippen LogP contribution in [0.4, 0.5) is 0 Å². The van der Waals surface area contributed by atoms with Gasteiger partial charge >= 0.3 is 0 Å². The fraction of sp³-hybridized carbons (Fsp3) is 0.217. The molecule has 0 N–H and O–H groups in total. The molecule has 4 rings (SSSR count). The molecule has 0 atom stereocenters. The number of nitrogens with zero attached hydrogens (tertiary/aromatic N) is 3. The van der Waals surface area contributed by atoms with Crippen LogP contribution in [0, 0.1) is 0 Å². The third kappa shape index (κ3) is 4.66. The molecular weight excluding hydrogens is 366 g/mol. The van der Waals surface area contributed by atoms with Crippen LogP contribution in [0.2, 0.25) is 0 Å². The van der Waals surface area contributed by atoms with E-state index >= 15 is 0 Å². The second-order valence-corrected chi connectivity index (χ2v) is 6.91. The summed E-state index contributed by atoms with van der Waals surface area (Å²) in [6.07, 6.45) is 7.95. The van der Waals surface area contributed by atoms with Crippen molar-refractivity contribution in [3.63, 3.8) is 0 Å². The van der Waals surface area contributed by atoms with Gasteiger partial charge in [0.2, 0.25) is 5.91 Å². The predicted octanol–water partition coefficient (Wildman–Crippen LogP) is 3.71. The molecule has 0 saturated heterocycles. The number of fused-ring (bicyclic) bond motifs is 1. The summed E-state index contributed by atoms with van der Waals surface area (Å²) < 4.78 is 13.1. The molecule has 0 bridgehead atoms. The lowest BCUT2D eigenvalue weighted by Crippen LogP contribution is -2.23. The van der Waals surface area contributed by atoms with Crippen molar-refractivity contribution in [2.75, 3.05) is 20.3 Å². The number of hydrogen-bond donors (Lipinski definition) is 0. The van der Waals surface area contributed by atoms with Crippen LogP contribution in [0.1, 0.15) is 17.5 Å². The van der Waals surface area contributed by atoms with Gasteiger partial charge in [0.25, 0.3) is 0 Å². The molecule has 2 aromatic carbocycles. The van der Waals surface area contributed by atoms with Crippen LogP contribution in [0.3, 0.4) is 0 Å². The van der Waals surface area contributed by atoms with E-state index in [0.29, 0.717) is 19.8 Å². The van der Waals surface area contributed by atoms with Crippen LogP contribution in [0.5, 0.6) is 11.5 Å². The molecule has 0 fully saturated rings. The van der Waals surface area contributed by atoms with E-state index in [2.05, 4.69) is 5.10 Å². The number of carbonyl (C=O) groups excluding carboxylic acids is 1. The average Bonchev–Trinajstić information content (AvgIpc) is 3.09. The number of rotatable bonds is 5. The maximum absolute atomic E-state index is 12.5. The maximum atomic E-state index is 12.5. The summed E-state index contributed by atoms with van der Waals surface area (Å²) in [5.41, 5.74) is 2.85. The first-order valence-electron chi connectivity index (χ1n) is 9.61. The van der Waals surface area contributed by atoms with Gasteiger partial charge < -0.3 is 14.4 Å². The van der Waals surface area contributed by atoms with E-state index in [9.17, 15) is 4.79 Å². The van der Waals surface area contributed by atoms with Crippen molar-refractivity contribution >= 4 is 12.0 Å². The summed E-state index contributed by atoms with van der Waals surface area (Å²) in [5.74, 6) is 1.39. The van der Waals surface area contributed by atoms with Gasteiger partial charge in [-0.25, -0.2) is 4.68 Å². The van der Waals surface area contributed by atoms with Crippen LogP contribution < -0.4 is 9.47 Å². The highest BCUT2D eigenvalue weighted by atomic mass is 16.5. The van der Waals surface area contributed by atoms with Crippen molar-refractivity contribution in [2.45, 2.75) is 13.0 Å². The molecule has 3 aromatic rings. The molecule has 1 amide bonds. The Kier molecular flexibility index (Phi) is 5.61. The van der Waals surface area contributed by atoms with Gasteiger partial charge in [-0.15, -0.1) is 0 Å². The first-order valence-corrected chi connectivity index (χ1v) is 9.61.